The molecule has 0 amide bonds. The van der Waals surface area contributed by atoms with Crippen LogP contribution in [0.2, 0.25) is 0 Å². The van der Waals surface area contributed by atoms with Crippen molar-refractivity contribution < 1.29 is 9.34 Å². The quantitative estimate of drug-likeness (QED) is 0.514. The summed E-state index contributed by atoms with van der Waals surface area (Å²) >= 11 is 2.07. The zero-order chi connectivity index (χ0) is 13.1. The van der Waals surface area contributed by atoms with Crippen LogP contribution in [0.15, 0.2) is 34.7 Å². The summed E-state index contributed by atoms with van der Waals surface area (Å²) in [5.41, 5.74) is 0.953. The van der Waals surface area contributed by atoms with E-state index in [0.717, 1.165) is 20.8 Å². The molecule has 0 aliphatic carbocycles. The van der Waals surface area contributed by atoms with Crippen molar-refractivity contribution in [2.24, 2.45) is 0 Å². The number of furan rings is 1. The lowest BCUT2D eigenvalue weighted by molar-refractivity contribution is -0.384. The molecule has 0 saturated carbocycles. The zero-order valence-electron chi connectivity index (χ0n) is 9.64. The summed E-state index contributed by atoms with van der Waals surface area (Å²) in [4.78, 5) is 10.2. The summed E-state index contributed by atoms with van der Waals surface area (Å²) in [5, 5.41) is 13.8. The van der Waals surface area contributed by atoms with Gasteiger partial charge in [0, 0.05) is 21.4 Å². The summed E-state index contributed by atoms with van der Waals surface area (Å²) in [7, 11) is 0. The van der Waals surface area contributed by atoms with E-state index in [2.05, 4.69) is 27.9 Å². The van der Waals surface area contributed by atoms with Gasteiger partial charge < -0.3 is 9.73 Å². The number of rotatable bonds is 4. The predicted molar refractivity (Wildman–Crippen MR) is 76.6 cm³/mol. The Morgan fingerprint density at radius 1 is 1.39 bits per heavy atom. The highest BCUT2D eigenvalue weighted by Gasteiger charge is 2.09. The third-order valence-corrected chi connectivity index (χ3v) is 3.31. The van der Waals surface area contributed by atoms with Crippen molar-refractivity contribution in [3.05, 3.63) is 55.5 Å². The number of non-ortho nitro benzene ring substituents is 1. The first kappa shape index (κ1) is 12.9. The van der Waals surface area contributed by atoms with Gasteiger partial charge in [0.1, 0.15) is 11.5 Å². The Hall–Kier alpha value is -1.57. The molecule has 2 aromatic rings. The van der Waals surface area contributed by atoms with Gasteiger partial charge in [-0.2, -0.15) is 0 Å². The second-order valence-corrected chi connectivity index (χ2v) is 4.95. The van der Waals surface area contributed by atoms with Gasteiger partial charge in [-0.05, 0) is 47.7 Å². The Balaban J connectivity index is 2.08. The van der Waals surface area contributed by atoms with Crippen molar-refractivity contribution in [1.82, 2.24) is 0 Å². The molecule has 6 heteroatoms. The number of nitro benzene ring substituents is 1. The van der Waals surface area contributed by atoms with E-state index in [-0.39, 0.29) is 5.69 Å². The first-order valence-corrected chi connectivity index (χ1v) is 6.37. The van der Waals surface area contributed by atoms with Crippen molar-refractivity contribution in [2.75, 3.05) is 5.32 Å². The monoisotopic (exact) mass is 358 g/mol. The maximum atomic E-state index is 10.6. The van der Waals surface area contributed by atoms with Gasteiger partial charge in [0.2, 0.25) is 0 Å². The number of hydrogen-bond acceptors (Lipinski definition) is 4. The number of nitrogens with one attached hydrogen (secondary N) is 1. The number of nitrogens with zero attached hydrogens (tertiary/aromatic N) is 1. The number of aryl methyl sites for hydroxylation is 1. The molecule has 0 bridgehead atoms. The number of hydrogen-bond donors (Lipinski definition) is 1. The Kier molecular flexibility index (Phi) is 3.85. The summed E-state index contributed by atoms with van der Waals surface area (Å²) in [6.45, 7) is 2.45. The molecule has 18 heavy (non-hydrogen) atoms. The smallest absolute Gasteiger partial charge is 0.270 e. The first-order chi connectivity index (χ1) is 8.56. The van der Waals surface area contributed by atoms with Crippen LogP contribution in [-0.4, -0.2) is 4.92 Å². The van der Waals surface area contributed by atoms with Gasteiger partial charge >= 0.3 is 0 Å². The Morgan fingerprint density at radius 3 is 2.72 bits per heavy atom. The lowest BCUT2D eigenvalue weighted by Crippen LogP contribution is -2.00. The minimum Gasteiger partial charge on any atom is -0.465 e. The highest BCUT2D eigenvalue weighted by Crippen LogP contribution is 2.24. The molecule has 1 N–H and O–H groups in total. The Labute approximate surface area is 117 Å². The van der Waals surface area contributed by atoms with Crippen molar-refractivity contribution in [3.8, 4) is 0 Å². The average Bonchev–Trinajstić information content (AvgIpc) is 2.73. The van der Waals surface area contributed by atoms with Gasteiger partial charge in [0.05, 0.1) is 11.5 Å². The molecule has 0 radical (unpaired) electrons. The van der Waals surface area contributed by atoms with E-state index in [1.807, 2.05) is 19.1 Å². The molecule has 0 saturated heterocycles. The molecule has 94 valence electrons. The van der Waals surface area contributed by atoms with E-state index in [9.17, 15) is 10.1 Å². The SMILES string of the molecule is Cc1ccc(CNc2ccc([N+](=O)[O-])cc2I)o1. The standard InChI is InChI=1S/C12H11IN2O3/c1-8-2-4-10(18-8)7-14-12-5-3-9(15(16)17)6-11(12)13/h2-6,14H,7H2,1H3. The van der Waals surface area contributed by atoms with Gasteiger partial charge in [-0.1, -0.05) is 0 Å². The van der Waals surface area contributed by atoms with E-state index >= 15 is 0 Å². The molecule has 1 heterocycles. The van der Waals surface area contributed by atoms with E-state index in [1.54, 1.807) is 6.07 Å². The van der Waals surface area contributed by atoms with Crippen LogP contribution < -0.4 is 5.32 Å². The van der Waals surface area contributed by atoms with Crippen LogP contribution in [-0.2, 0) is 6.54 Å². The average molecular weight is 358 g/mol. The Bertz CT molecular complexity index is 580. The van der Waals surface area contributed by atoms with Gasteiger partial charge in [-0.25, -0.2) is 0 Å². The molecular weight excluding hydrogens is 347 g/mol. The molecule has 0 unspecified atom stereocenters. The summed E-state index contributed by atoms with van der Waals surface area (Å²) in [5.74, 6) is 1.70. The molecular formula is C12H11IN2O3. The molecule has 0 aliphatic rings. The maximum Gasteiger partial charge on any atom is 0.270 e. The fraction of sp³-hybridized carbons (Fsp3) is 0.167. The molecule has 0 fully saturated rings. The lowest BCUT2D eigenvalue weighted by atomic mass is 10.3. The van der Waals surface area contributed by atoms with Gasteiger partial charge in [0.25, 0.3) is 5.69 Å². The van der Waals surface area contributed by atoms with Gasteiger partial charge in [-0.15, -0.1) is 0 Å². The van der Waals surface area contributed by atoms with Crippen LogP contribution in [0.5, 0.6) is 0 Å². The molecule has 0 aliphatic heterocycles. The number of halogens is 1. The summed E-state index contributed by atoms with van der Waals surface area (Å²) in [6.07, 6.45) is 0. The highest BCUT2D eigenvalue weighted by molar-refractivity contribution is 14.1. The predicted octanol–water partition coefficient (Wildman–Crippen LogP) is 3.71. The van der Waals surface area contributed by atoms with Crippen molar-refractivity contribution in [3.63, 3.8) is 0 Å². The van der Waals surface area contributed by atoms with Crippen molar-refractivity contribution in [1.29, 1.82) is 0 Å². The van der Waals surface area contributed by atoms with E-state index in [4.69, 9.17) is 4.42 Å². The van der Waals surface area contributed by atoms with E-state index in [0.29, 0.717) is 6.54 Å². The van der Waals surface area contributed by atoms with Gasteiger partial charge in [-0.3, -0.25) is 10.1 Å². The van der Waals surface area contributed by atoms with Crippen molar-refractivity contribution >= 4 is 34.0 Å². The maximum absolute atomic E-state index is 10.6. The molecule has 1 aromatic heterocycles. The molecule has 1 aromatic carbocycles. The number of nitro groups is 1. The summed E-state index contributed by atoms with van der Waals surface area (Å²) in [6, 6.07) is 8.53. The van der Waals surface area contributed by atoms with E-state index in [1.165, 1.54) is 12.1 Å². The normalized spacial score (nSPS) is 10.3. The zero-order valence-corrected chi connectivity index (χ0v) is 11.8. The molecule has 5 nitrogen and oxygen atoms in total. The summed E-state index contributed by atoms with van der Waals surface area (Å²) < 4.78 is 6.24. The Morgan fingerprint density at radius 2 is 2.17 bits per heavy atom. The highest BCUT2D eigenvalue weighted by atomic mass is 127. The fourth-order valence-corrected chi connectivity index (χ4v) is 2.21. The topological polar surface area (TPSA) is 68.3 Å². The number of benzene rings is 1. The number of anilines is 1. The minimum absolute atomic E-state index is 0.0961. The van der Waals surface area contributed by atoms with E-state index < -0.39 is 4.92 Å². The van der Waals surface area contributed by atoms with Crippen LogP contribution in [0.3, 0.4) is 0 Å². The largest absolute Gasteiger partial charge is 0.465 e. The van der Waals surface area contributed by atoms with Crippen LogP contribution >= 0.6 is 22.6 Å². The third kappa shape index (κ3) is 3.00. The van der Waals surface area contributed by atoms with Crippen molar-refractivity contribution in [2.45, 2.75) is 13.5 Å². The van der Waals surface area contributed by atoms with Gasteiger partial charge in [0.15, 0.2) is 0 Å². The fourth-order valence-electron chi connectivity index (χ4n) is 1.52. The first-order valence-electron chi connectivity index (χ1n) is 5.29. The minimum atomic E-state index is -0.401. The molecule has 0 atom stereocenters. The van der Waals surface area contributed by atoms with Crippen LogP contribution in [0, 0.1) is 20.6 Å². The third-order valence-electron chi connectivity index (χ3n) is 2.41. The molecule has 0 spiro atoms. The van der Waals surface area contributed by atoms with Crippen LogP contribution in [0.1, 0.15) is 11.5 Å². The lowest BCUT2D eigenvalue weighted by Gasteiger charge is -2.06. The second kappa shape index (κ2) is 5.38. The second-order valence-electron chi connectivity index (χ2n) is 3.79. The van der Waals surface area contributed by atoms with Crippen LogP contribution in [0.25, 0.3) is 0 Å². The molecule has 2 rings (SSSR count). The van der Waals surface area contributed by atoms with Crippen LogP contribution in [0.4, 0.5) is 11.4 Å².